The van der Waals surface area contributed by atoms with Gasteiger partial charge in [-0.1, -0.05) is 170 Å². The monoisotopic (exact) mass is 893 g/mol. The fourth-order valence-electron chi connectivity index (χ4n) is 9.09. The second-order valence-corrected chi connectivity index (χ2v) is 15.7. The maximum absolute atomic E-state index is 9.45. The quantitative estimate of drug-likeness (QED) is 0.107. The van der Waals surface area contributed by atoms with Gasteiger partial charge in [0.1, 0.15) is 17.3 Å². The summed E-state index contributed by atoms with van der Waals surface area (Å²) >= 11 is 0. The standard InChI is InChI=1S/C62H43N5O/c1-2-42-35-36-63-60(37-42)67-55-32-14-11-27-52(55)61-58(66-53-30-12-9-25-50(53)51-26-10-13-31-54(51)66)39-47(40-59(61)67)68-46-24-17-23-45(38-46)64-41-65(57-34-16-15-33-56(57)64)62-48(43-19-5-3-6-20-43)28-18-29-49(62)44-21-7-4-8-22-44/h3-40H,2H2,1H3/i2D2,3D,4D,5D,6D,7D,8D,9D,10D,12D,13D,19D,20D,21D,22D,25D,26D,30D,31D. The molecular formula is C62H43N5O. The van der Waals surface area contributed by atoms with E-state index in [0.29, 0.717) is 44.1 Å². The Kier molecular flexibility index (Phi) is 5.69. The zero-order chi connectivity index (χ0) is 62.6. The lowest BCUT2D eigenvalue weighted by Crippen LogP contribution is -2.31. The van der Waals surface area contributed by atoms with E-state index in [1.807, 2.05) is 12.1 Å². The van der Waals surface area contributed by atoms with Crippen LogP contribution in [-0.4, -0.2) is 18.7 Å². The third kappa shape index (κ3) is 6.41. The van der Waals surface area contributed by atoms with Crippen molar-refractivity contribution in [1.82, 2.24) is 18.7 Å². The summed E-state index contributed by atoms with van der Waals surface area (Å²) in [7, 11) is 0. The molecule has 0 aliphatic carbocycles. The predicted molar refractivity (Wildman–Crippen MR) is 277 cm³/mol. The van der Waals surface area contributed by atoms with Crippen LogP contribution in [0.5, 0.6) is 11.5 Å². The molecule has 0 atom stereocenters. The van der Waals surface area contributed by atoms with Gasteiger partial charge in [0.2, 0.25) is 0 Å². The highest BCUT2D eigenvalue weighted by Gasteiger charge is 2.23. The van der Waals surface area contributed by atoms with Gasteiger partial charge in [0.05, 0.1) is 74.8 Å². The minimum absolute atomic E-state index is 0.0517. The molecule has 68 heavy (non-hydrogen) atoms. The Morgan fingerprint density at radius 3 is 1.93 bits per heavy atom. The fourth-order valence-corrected chi connectivity index (χ4v) is 9.09. The van der Waals surface area contributed by atoms with E-state index in [9.17, 15) is 5.48 Å². The average molecular weight is 894 g/mol. The first-order valence-corrected chi connectivity index (χ1v) is 21.4. The number of benzene rings is 9. The molecule has 0 fully saturated rings. The van der Waals surface area contributed by atoms with Crippen molar-refractivity contribution in [2.24, 2.45) is 0 Å². The summed E-state index contributed by atoms with van der Waals surface area (Å²) in [5, 5.41) is 0.724. The zero-order valence-electron chi connectivity index (χ0n) is 55.7. The van der Waals surface area contributed by atoms with Gasteiger partial charge >= 0.3 is 0 Å². The Hall–Kier alpha value is -9.00. The highest BCUT2D eigenvalue weighted by atomic mass is 16.5. The molecule has 0 unspecified atom stereocenters. The summed E-state index contributed by atoms with van der Waals surface area (Å²) in [6, 6.07) is 21.5. The molecule has 0 amide bonds. The van der Waals surface area contributed by atoms with Crippen LogP contribution in [0.3, 0.4) is 0 Å². The van der Waals surface area contributed by atoms with Crippen molar-refractivity contribution < 1.29 is 36.7 Å². The van der Waals surface area contributed by atoms with E-state index in [4.69, 9.17) is 31.7 Å². The van der Waals surface area contributed by atoms with Crippen LogP contribution in [0.1, 0.15) is 39.9 Å². The largest absolute Gasteiger partial charge is 0.458 e. The molecule has 13 aromatic rings. The highest BCUT2D eigenvalue weighted by molar-refractivity contribution is 6.16. The van der Waals surface area contributed by atoms with Crippen LogP contribution < -0.4 is 9.30 Å². The van der Waals surface area contributed by atoms with Crippen molar-refractivity contribution in [3.8, 4) is 56.6 Å². The van der Waals surface area contributed by atoms with Crippen LogP contribution in [0.25, 0.3) is 99.8 Å². The molecule has 0 N–H and O–H groups in total. The number of hydrogen-bond donors (Lipinski definition) is 0. The average Bonchev–Trinajstić information content (AvgIpc) is 1.57. The second kappa shape index (κ2) is 16.2. The molecule has 4 aromatic heterocycles. The number of fused-ring (bicyclic) bond motifs is 7. The number of hydrogen-bond acceptors (Lipinski definition) is 2. The molecule has 322 valence electrons. The van der Waals surface area contributed by atoms with E-state index in [2.05, 4.69) is 6.33 Å². The molecule has 13 rings (SSSR count). The Balaban J connectivity index is 1.08. The summed E-state index contributed by atoms with van der Waals surface area (Å²) in [4.78, 5) is 4.73. The Morgan fingerprint density at radius 2 is 1.21 bits per heavy atom. The molecule has 0 aliphatic heterocycles. The van der Waals surface area contributed by atoms with Gasteiger partial charge in [0.25, 0.3) is 6.33 Å². The third-order valence-electron chi connectivity index (χ3n) is 11.9. The molecule has 0 radical (unpaired) electrons. The summed E-state index contributed by atoms with van der Waals surface area (Å²) in [5.74, 6) is 0.597. The first-order valence-electron chi connectivity index (χ1n) is 31.4. The SMILES string of the molecule is [2H]c1c([2H])c([2H])c(-c2cccc(-c3c([2H])c([2H])c([2H])c([2H])c3[2H])c2-[n+]2[c-]n(-c3cccc(Oc4cc(-n5c6c([2H])c([2H])c([2H])c([2H])c6c6c([2H])c([2H])c([2H])c([2H])c65)c5c6ccccc6n(-c6cc(C([2H])([2H])C)ccn6)c5c4)c3)c3ccccc32)c([2H])c1[2H]. The van der Waals surface area contributed by atoms with Crippen LogP contribution in [0.2, 0.25) is 0 Å². The first-order chi connectivity index (χ1) is 41.8. The van der Waals surface area contributed by atoms with Gasteiger partial charge in [-0.25, -0.2) is 4.98 Å². The van der Waals surface area contributed by atoms with Crippen LogP contribution in [0, 0.1) is 6.33 Å². The lowest BCUT2D eigenvalue weighted by molar-refractivity contribution is -0.571. The van der Waals surface area contributed by atoms with E-state index < -0.39 is 115 Å². The second-order valence-electron chi connectivity index (χ2n) is 15.7. The van der Waals surface area contributed by atoms with E-state index >= 15 is 0 Å². The van der Waals surface area contributed by atoms with Gasteiger partial charge in [0.15, 0.2) is 0 Å². The topological polar surface area (TPSA) is 40.8 Å². The molecule has 4 heterocycles. The lowest BCUT2D eigenvalue weighted by Gasteiger charge is -2.17. The number of aryl methyl sites for hydroxylation is 1. The van der Waals surface area contributed by atoms with Crippen LogP contribution in [-0.2, 0) is 6.37 Å². The number of pyridine rings is 1. The summed E-state index contributed by atoms with van der Waals surface area (Å²) in [5.41, 5.74) is 2.18. The van der Waals surface area contributed by atoms with Crippen molar-refractivity contribution in [2.75, 3.05) is 0 Å². The number of imidazole rings is 1. The molecule has 0 spiro atoms. The van der Waals surface area contributed by atoms with E-state index in [0.717, 1.165) is 0 Å². The third-order valence-corrected chi connectivity index (χ3v) is 11.9. The number of nitrogens with zero attached hydrogens (tertiary/aromatic N) is 5. The fraction of sp³-hybridized carbons (Fsp3) is 0.0323. The molecule has 0 bridgehead atoms. The minimum Gasteiger partial charge on any atom is -0.458 e. The Morgan fingerprint density at radius 1 is 0.559 bits per heavy atom. The van der Waals surface area contributed by atoms with Gasteiger partial charge in [-0.15, -0.1) is 0 Å². The molecule has 0 saturated heterocycles. The maximum Gasteiger partial charge on any atom is 0.269 e. The van der Waals surface area contributed by atoms with Crippen molar-refractivity contribution in [3.63, 3.8) is 0 Å². The summed E-state index contributed by atoms with van der Waals surface area (Å²) in [6.45, 7) is 1.42. The lowest BCUT2D eigenvalue weighted by atomic mass is 9.95. The molecule has 0 aliphatic rings. The van der Waals surface area contributed by atoms with E-state index in [1.165, 1.54) is 40.5 Å². The van der Waals surface area contributed by atoms with Gasteiger partial charge in [-0.05, 0) is 82.7 Å². The van der Waals surface area contributed by atoms with Crippen LogP contribution >= 0.6 is 0 Å². The molecular weight excluding hydrogens is 831 g/mol. The van der Waals surface area contributed by atoms with Gasteiger partial charge in [-0.2, -0.15) is 0 Å². The van der Waals surface area contributed by atoms with Crippen molar-refractivity contribution in [3.05, 3.63) is 242 Å². The normalized spacial score (nSPS) is 16.0. The van der Waals surface area contributed by atoms with Gasteiger partial charge in [0, 0.05) is 42.6 Å². The smallest absolute Gasteiger partial charge is 0.269 e. The first kappa shape index (κ1) is 24.0. The number of aromatic nitrogens is 5. The summed E-state index contributed by atoms with van der Waals surface area (Å²) < 4.78 is 191. The summed E-state index contributed by atoms with van der Waals surface area (Å²) in [6.07, 6.45) is 3.05. The van der Waals surface area contributed by atoms with E-state index in [1.54, 1.807) is 94.1 Å². The molecule has 9 aromatic carbocycles. The number of para-hydroxylation sites is 6. The van der Waals surface area contributed by atoms with Gasteiger partial charge < -0.3 is 9.30 Å². The predicted octanol–water partition coefficient (Wildman–Crippen LogP) is 15.0. The Bertz CT molecular complexity index is 5020. The minimum atomic E-state index is -1.81. The van der Waals surface area contributed by atoms with Crippen molar-refractivity contribution in [2.45, 2.75) is 13.3 Å². The molecule has 6 nitrogen and oxygen atoms in total. The van der Waals surface area contributed by atoms with Gasteiger partial charge in [-0.3, -0.25) is 13.7 Å². The highest BCUT2D eigenvalue weighted by Crippen LogP contribution is 2.43. The number of rotatable bonds is 9. The van der Waals surface area contributed by atoms with E-state index in [-0.39, 0.29) is 72.8 Å². The zero-order valence-corrected chi connectivity index (χ0v) is 35.7. The van der Waals surface area contributed by atoms with Crippen LogP contribution in [0.15, 0.2) is 230 Å². The molecule has 6 heteroatoms. The van der Waals surface area contributed by atoms with Crippen LogP contribution in [0.4, 0.5) is 0 Å². The van der Waals surface area contributed by atoms with Crippen molar-refractivity contribution >= 4 is 54.6 Å². The maximum atomic E-state index is 9.45. The number of ether oxygens (including phenoxy) is 1. The molecule has 0 saturated carbocycles. The van der Waals surface area contributed by atoms with Crippen molar-refractivity contribution in [1.29, 1.82) is 0 Å². The Labute approximate surface area is 421 Å².